The Bertz CT molecular complexity index is 731. The first kappa shape index (κ1) is 19.0. The van der Waals surface area contributed by atoms with E-state index in [1.165, 1.54) is 4.90 Å². The smallest absolute Gasteiger partial charge is 0.241 e. The van der Waals surface area contributed by atoms with E-state index in [1.54, 1.807) is 7.05 Å². The molecule has 2 heterocycles. The third kappa shape index (κ3) is 5.11. The summed E-state index contributed by atoms with van der Waals surface area (Å²) in [6.45, 7) is 1.44. The Hall–Kier alpha value is -1.80. The Kier molecular flexibility index (Phi) is 6.03. The van der Waals surface area contributed by atoms with Crippen LogP contribution in [-0.4, -0.2) is 69.7 Å². The number of sulfone groups is 1. The van der Waals surface area contributed by atoms with Crippen molar-refractivity contribution in [1.29, 1.82) is 0 Å². The number of carbonyl (C=O) groups is 1. The zero-order valence-corrected chi connectivity index (χ0v) is 15.8. The number of anilines is 1. The van der Waals surface area contributed by atoms with Crippen LogP contribution in [0.5, 0.6) is 5.75 Å². The van der Waals surface area contributed by atoms with Crippen LogP contribution >= 0.6 is 0 Å². The van der Waals surface area contributed by atoms with Crippen molar-refractivity contribution in [3.05, 3.63) is 24.3 Å². The molecule has 0 radical (unpaired) electrons. The number of carbonyl (C=O) groups excluding carboxylic acids is 1. The van der Waals surface area contributed by atoms with Gasteiger partial charge in [-0.1, -0.05) is 6.07 Å². The van der Waals surface area contributed by atoms with Crippen molar-refractivity contribution >= 4 is 21.4 Å². The van der Waals surface area contributed by atoms with Crippen molar-refractivity contribution in [3.8, 4) is 5.75 Å². The van der Waals surface area contributed by atoms with Gasteiger partial charge < -0.3 is 19.7 Å². The average molecular weight is 382 g/mol. The van der Waals surface area contributed by atoms with Gasteiger partial charge >= 0.3 is 0 Å². The van der Waals surface area contributed by atoms with Gasteiger partial charge in [-0.2, -0.15) is 0 Å². The number of ether oxygens (including phenoxy) is 2. The van der Waals surface area contributed by atoms with Crippen molar-refractivity contribution < 1.29 is 22.7 Å². The van der Waals surface area contributed by atoms with Gasteiger partial charge in [0.1, 0.15) is 12.4 Å². The highest BCUT2D eigenvalue weighted by Crippen LogP contribution is 2.20. The summed E-state index contributed by atoms with van der Waals surface area (Å²) < 4.78 is 34.4. The van der Waals surface area contributed by atoms with E-state index in [0.717, 1.165) is 30.9 Å². The number of nitrogens with zero attached hydrogens (tertiary/aromatic N) is 1. The molecule has 2 saturated heterocycles. The third-order valence-electron chi connectivity index (χ3n) is 4.89. The van der Waals surface area contributed by atoms with E-state index < -0.39 is 9.84 Å². The van der Waals surface area contributed by atoms with Crippen LogP contribution in [0.25, 0.3) is 0 Å². The summed E-state index contributed by atoms with van der Waals surface area (Å²) in [5.41, 5.74) is 0.788. The average Bonchev–Trinajstić information content (AvgIpc) is 3.27. The molecule has 0 bridgehead atoms. The fourth-order valence-electron chi connectivity index (χ4n) is 3.25. The molecular weight excluding hydrogens is 356 g/mol. The summed E-state index contributed by atoms with van der Waals surface area (Å²) in [4.78, 5) is 13.9. The monoisotopic (exact) mass is 382 g/mol. The maximum Gasteiger partial charge on any atom is 0.241 e. The van der Waals surface area contributed by atoms with Crippen LogP contribution in [0.3, 0.4) is 0 Å². The van der Waals surface area contributed by atoms with Crippen molar-refractivity contribution in [2.24, 2.45) is 0 Å². The van der Waals surface area contributed by atoms with Crippen molar-refractivity contribution in [1.82, 2.24) is 4.90 Å². The summed E-state index contributed by atoms with van der Waals surface area (Å²) in [7, 11) is -1.34. The molecule has 26 heavy (non-hydrogen) atoms. The van der Waals surface area contributed by atoms with Crippen molar-refractivity contribution in [2.75, 3.05) is 43.6 Å². The first-order valence-electron chi connectivity index (χ1n) is 8.97. The van der Waals surface area contributed by atoms with Crippen LogP contribution in [0.2, 0.25) is 0 Å². The number of amides is 1. The van der Waals surface area contributed by atoms with Gasteiger partial charge in [0, 0.05) is 31.5 Å². The van der Waals surface area contributed by atoms with Gasteiger partial charge in [0.15, 0.2) is 9.84 Å². The fraction of sp³-hybridized carbons (Fsp3) is 0.611. The Morgan fingerprint density at radius 1 is 1.38 bits per heavy atom. The summed E-state index contributed by atoms with van der Waals surface area (Å²) >= 11 is 0. The summed E-state index contributed by atoms with van der Waals surface area (Å²) in [5, 5.41) is 3.09. The van der Waals surface area contributed by atoms with E-state index in [4.69, 9.17) is 9.47 Å². The van der Waals surface area contributed by atoms with E-state index in [1.807, 2.05) is 24.3 Å². The molecule has 7 nitrogen and oxygen atoms in total. The van der Waals surface area contributed by atoms with E-state index in [9.17, 15) is 13.2 Å². The fourth-order valence-corrected chi connectivity index (χ4v) is 5.02. The molecule has 2 unspecified atom stereocenters. The lowest BCUT2D eigenvalue weighted by molar-refractivity contribution is -0.129. The van der Waals surface area contributed by atoms with Gasteiger partial charge in [0.05, 0.1) is 24.2 Å². The third-order valence-corrected chi connectivity index (χ3v) is 6.64. The van der Waals surface area contributed by atoms with E-state index in [2.05, 4.69) is 5.32 Å². The Morgan fingerprint density at radius 2 is 2.23 bits per heavy atom. The Morgan fingerprint density at radius 3 is 2.92 bits per heavy atom. The first-order chi connectivity index (χ1) is 12.4. The van der Waals surface area contributed by atoms with Crippen LogP contribution in [0.15, 0.2) is 24.3 Å². The van der Waals surface area contributed by atoms with Crippen molar-refractivity contribution in [2.45, 2.75) is 31.4 Å². The van der Waals surface area contributed by atoms with Crippen LogP contribution in [-0.2, 0) is 19.4 Å². The van der Waals surface area contributed by atoms with Crippen LogP contribution < -0.4 is 10.1 Å². The second-order valence-corrected chi connectivity index (χ2v) is 9.12. The SMILES string of the molecule is CN(C(=O)CNc1cccc(OCC2CCCO2)c1)C1CCS(=O)(=O)C1. The molecule has 3 rings (SSSR count). The number of hydrogen-bond acceptors (Lipinski definition) is 6. The minimum atomic E-state index is -3.00. The first-order valence-corrected chi connectivity index (χ1v) is 10.8. The summed E-state index contributed by atoms with van der Waals surface area (Å²) in [6.07, 6.45) is 2.77. The maximum absolute atomic E-state index is 12.3. The molecule has 2 aliphatic rings. The van der Waals surface area contributed by atoms with Gasteiger partial charge in [-0.15, -0.1) is 0 Å². The molecule has 2 aliphatic heterocycles. The molecule has 0 spiro atoms. The lowest BCUT2D eigenvalue weighted by Gasteiger charge is -2.23. The molecule has 0 aliphatic carbocycles. The van der Waals surface area contributed by atoms with E-state index in [0.29, 0.717) is 13.0 Å². The zero-order chi connectivity index (χ0) is 18.6. The molecule has 2 atom stereocenters. The molecule has 1 N–H and O–H groups in total. The predicted octanol–water partition coefficient (Wildman–Crippen LogP) is 1.30. The molecule has 1 amide bonds. The quantitative estimate of drug-likeness (QED) is 0.765. The maximum atomic E-state index is 12.3. The minimum Gasteiger partial charge on any atom is -0.491 e. The lowest BCUT2D eigenvalue weighted by Crippen LogP contribution is -2.40. The molecule has 0 aromatic heterocycles. The Labute approximate surface area is 154 Å². The van der Waals surface area contributed by atoms with Gasteiger partial charge in [0.2, 0.25) is 5.91 Å². The molecule has 1 aromatic rings. The van der Waals surface area contributed by atoms with Gasteiger partial charge in [0.25, 0.3) is 0 Å². The highest BCUT2D eigenvalue weighted by molar-refractivity contribution is 7.91. The number of hydrogen-bond donors (Lipinski definition) is 1. The second kappa shape index (κ2) is 8.26. The lowest BCUT2D eigenvalue weighted by atomic mass is 10.2. The highest BCUT2D eigenvalue weighted by atomic mass is 32.2. The van der Waals surface area contributed by atoms with Gasteiger partial charge in [-0.3, -0.25) is 4.79 Å². The number of benzene rings is 1. The predicted molar refractivity (Wildman–Crippen MR) is 99.2 cm³/mol. The highest BCUT2D eigenvalue weighted by Gasteiger charge is 2.32. The van der Waals surface area contributed by atoms with Crippen LogP contribution in [0.4, 0.5) is 5.69 Å². The molecule has 2 fully saturated rings. The normalized spacial score (nSPS) is 24.3. The Balaban J connectivity index is 1.47. The van der Waals surface area contributed by atoms with E-state index >= 15 is 0 Å². The summed E-state index contributed by atoms with van der Waals surface area (Å²) in [6, 6.07) is 7.23. The van der Waals surface area contributed by atoms with Gasteiger partial charge in [-0.25, -0.2) is 8.42 Å². The largest absolute Gasteiger partial charge is 0.491 e. The topological polar surface area (TPSA) is 84.9 Å². The summed E-state index contributed by atoms with van der Waals surface area (Å²) in [5.74, 6) is 0.820. The standard InChI is InChI=1S/C18H26N2O5S/c1-20(15-7-9-26(22,23)13-15)18(21)11-19-14-4-2-5-16(10-14)25-12-17-6-3-8-24-17/h2,4-5,10,15,17,19H,3,6-9,11-13H2,1H3. The van der Waals surface area contributed by atoms with Crippen molar-refractivity contribution in [3.63, 3.8) is 0 Å². The second-order valence-electron chi connectivity index (χ2n) is 6.89. The number of nitrogens with one attached hydrogen (secondary N) is 1. The zero-order valence-electron chi connectivity index (χ0n) is 15.0. The molecule has 1 aromatic carbocycles. The number of rotatable bonds is 7. The molecular formula is C18H26N2O5S. The van der Waals surface area contributed by atoms with Crippen LogP contribution in [0.1, 0.15) is 19.3 Å². The van der Waals surface area contributed by atoms with E-state index in [-0.39, 0.29) is 36.1 Å². The van der Waals surface area contributed by atoms with Gasteiger partial charge in [-0.05, 0) is 31.4 Å². The number of likely N-dealkylation sites (N-methyl/N-ethyl adjacent to an activating group) is 1. The molecule has 8 heteroatoms. The minimum absolute atomic E-state index is 0.0573. The molecule has 144 valence electrons. The van der Waals surface area contributed by atoms with Crippen LogP contribution in [0, 0.1) is 0 Å². The molecule has 0 saturated carbocycles.